The maximum absolute atomic E-state index is 13.5. The molecule has 5 rings (SSSR count). The van der Waals surface area contributed by atoms with Crippen molar-refractivity contribution in [2.45, 2.75) is 6.61 Å². The molecule has 196 valence electrons. The number of alkyl halides is 2. The van der Waals surface area contributed by atoms with Gasteiger partial charge in [0.25, 0.3) is 0 Å². The van der Waals surface area contributed by atoms with Crippen LogP contribution in [0.2, 0.25) is 5.02 Å². The summed E-state index contributed by atoms with van der Waals surface area (Å²) >= 11 is 6.03. The van der Waals surface area contributed by atoms with Gasteiger partial charge in [-0.2, -0.15) is 18.6 Å². The third-order valence-electron chi connectivity index (χ3n) is 5.59. The Morgan fingerprint density at radius 2 is 1.36 bits per heavy atom. The summed E-state index contributed by atoms with van der Waals surface area (Å²) in [6, 6.07) is 24.8. The number of halogens is 4. The van der Waals surface area contributed by atoms with Gasteiger partial charge in [-0.1, -0.05) is 35.9 Å². The van der Waals surface area contributed by atoms with E-state index in [1.54, 1.807) is 66.9 Å². The number of nitrogens with one attached hydrogen (secondary N) is 1. The lowest BCUT2D eigenvalue weighted by Gasteiger charge is -2.09. The highest BCUT2D eigenvalue weighted by Gasteiger charge is 2.17. The summed E-state index contributed by atoms with van der Waals surface area (Å²) in [5.41, 5.74) is 3.08. The average molecular weight is 550 g/mol. The van der Waals surface area contributed by atoms with Gasteiger partial charge in [-0.05, 0) is 78.4 Å². The van der Waals surface area contributed by atoms with E-state index in [9.17, 15) is 18.0 Å². The second-order valence-corrected chi connectivity index (χ2v) is 8.69. The van der Waals surface area contributed by atoms with Crippen molar-refractivity contribution in [3.63, 3.8) is 0 Å². The first-order valence-corrected chi connectivity index (χ1v) is 12.0. The van der Waals surface area contributed by atoms with Gasteiger partial charge in [0.2, 0.25) is 0 Å². The Kier molecular flexibility index (Phi) is 7.51. The monoisotopic (exact) mass is 549 g/mol. The van der Waals surface area contributed by atoms with Crippen molar-refractivity contribution in [3.05, 3.63) is 114 Å². The van der Waals surface area contributed by atoms with Crippen molar-refractivity contribution < 1.29 is 27.4 Å². The molecule has 1 N–H and O–H groups in total. The number of amides is 1. The zero-order valence-corrected chi connectivity index (χ0v) is 20.8. The number of carbonyl (C=O) groups excluding carboxylic acids is 1. The molecular formula is C29H19ClF3N3O3. The first kappa shape index (κ1) is 25.9. The molecule has 1 aromatic heterocycles. The van der Waals surface area contributed by atoms with Crippen molar-refractivity contribution in [2.75, 3.05) is 5.32 Å². The molecule has 0 unspecified atom stereocenters. The Balaban J connectivity index is 1.32. The molecule has 1 heterocycles. The Morgan fingerprint density at radius 1 is 0.795 bits per heavy atom. The first-order valence-electron chi connectivity index (χ1n) is 11.6. The molecule has 4 aromatic carbocycles. The fraction of sp³-hybridized carbons (Fsp3) is 0.0345. The molecule has 0 spiro atoms. The molecule has 0 aliphatic heterocycles. The second kappa shape index (κ2) is 11.3. The maximum atomic E-state index is 13.5. The largest absolute Gasteiger partial charge is 0.457 e. The van der Waals surface area contributed by atoms with Crippen LogP contribution in [0.1, 0.15) is 0 Å². The fourth-order valence-electron chi connectivity index (χ4n) is 3.75. The topological polar surface area (TPSA) is 65.4 Å². The Hall–Kier alpha value is -4.76. The highest BCUT2D eigenvalue weighted by molar-refractivity contribution is 6.30. The smallest absolute Gasteiger partial charge is 0.387 e. The van der Waals surface area contributed by atoms with Gasteiger partial charge < -0.3 is 14.8 Å². The van der Waals surface area contributed by atoms with Crippen LogP contribution < -0.4 is 14.8 Å². The molecule has 0 saturated carbocycles. The lowest BCUT2D eigenvalue weighted by molar-refractivity contribution is -0.0498. The van der Waals surface area contributed by atoms with Gasteiger partial charge in [-0.3, -0.25) is 0 Å². The van der Waals surface area contributed by atoms with Crippen molar-refractivity contribution in [3.8, 4) is 39.6 Å². The molecule has 0 atom stereocenters. The maximum Gasteiger partial charge on any atom is 0.387 e. The van der Waals surface area contributed by atoms with Crippen LogP contribution in [0.25, 0.3) is 22.4 Å². The quantitative estimate of drug-likeness (QED) is 0.221. The summed E-state index contributed by atoms with van der Waals surface area (Å²) < 4.78 is 49.3. The summed E-state index contributed by atoms with van der Waals surface area (Å²) in [4.78, 5) is 13.0. The predicted octanol–water partition coefficient (Wildman–Crippen LogP) is 8.48. The lowest BCUT2D eigenvalue weighted by atomic mass is 10.0. The molecule has 0 bridgehead atoms. The van der Waals surface area contributed by atoms with Crippen LogP contribution in [0.3, 0.4) is 0 Å². The summed E-state index contributed by atoms with van der Waals surface area (Å²) in [5.74, 6) is 0.546. The van der Waals surface area contributed by atoms with Crippen molar-refractivity contribution >= 4 is 23.3 Å². The van der Waals surface area contributed by atoms with Crippen LogP contribution in [-0.4, -0.2) is 22.4 Å². The van der Waals surface area contributed by atoms with Crippen LogP contribution in [-0.2, 0) is 0 Å². The number of carbonyl (C=O) groups is 1. The van der Waals surface area contributed by atoms with Gasteiger partial charge in [0.15, 0.2) is 0 Å². The lowest BCUT2D eigenvalue weighted by Crippen LogP contribution is -2.19. The van der Waals surface area contributed by atoms with E-state index in [0.29, 0.717) is 39.0 Å². The zero-order valence-electron chi connectivity index (χ0n) is 20.0. The minimum absolute atomic E-state index is 0.0239. The summed E-state index contributed by atoms with van der Waals surface area (Å²) in [6.45, 7) is -2.90. The van der Waals surface area contributed by atoms with Gasteiger partial charge in [-0.25, -0.2) is 9.18 Å². The molecular weight excluding hydrogens is 531 g/mol. The molecule has 0 radical (unpaired) electrons. The van der Waals surface area contributed by atoms with E-state index in [0.717, 1.165) is 5.56 Å². The highest BCUT2D eigenvalue weighted by atomic mass is 35.5. The van der Waals surface area contributed by atoms with Crippen LogP contribution in [0.4, 0.5) is 23.7 Å². The standard InChI is InChI=1S/C29H19ClF3N3O3/c30-20-5-1-19(2-6-20)27-26(18-3-7-21(31)8-4-18)17-36(35-27)29(37)34-22-9-11-23(12-10-22)38-24-13-15-25(16-14-24)39-28(32)33/h1-17,28H,(H,34,37). The number of ether oxygens (including phenoxy) is 2. The molecule has 39 heavy (non-hydrogen) atoms. The number of hydrogen-bond acceptors (Lipinski definition) is 4. The number of anilines is 1. The predicted molar refractivity (Wildman–Crippen MR) is 142 cm³/mol. The second-order valence-electron chi connectivity index (χ2n) is 8.26. The normalized spacial score (nSPS) is 10.9. The SMILES string of the molecule is O=C(Nc1ccc(Oc2ccc(OC(F)F)cc2)cc1)n1cc(-c2ccc(F)cc2)c(-c2ccc(Cl)cc2)n1. The van der Waals surface area contributed by atoms with Gasteiger partial charge >= 0.3 is 12.6 Å². The van der Waals surface area contributed by atoms with E-state index in [1.807, 2.05) is 0 Å². The summed E-state index contributed by atoms with van der Waals surface area (Å²) in [6.07, 6.45) is 1.57. The minimum atomic E-state index is -2.90. The van der Waals surface area contributed by atoms with E-state index < -0.39 is 12.6 Å². The van der Waals surface area contributed by atoms with Gasteiger partial charge in [0.05, 0.1) is 0 Å². The van der Waals surface area contributed by atoms with E-state index in [1.165, 1.54) is 41.1 Å². The Bertz CT molecular complexity index is 1510. The zero-order chi connectivity index (χ0) is 27.4. The van der Waals surface area contributed by atoms with Crippen LogP contribution in [0.5, 0.6) is 17.2 Å². The summed E-state index contributed by atoms with van der Waals surface area (Å²) in [5, 5.41) is 7.82. The number of benzene rings is 4. The third-order valence-corrected chi connectivity index (χ3v) is 5.84. The van der Waals surface area contributed by atoms with Crippen molar-refractivity contribution in [1.29, 1.82) is 0 Å². The first-order chi connectivity index (χ1) is 18.8. The number of aromatic nitrogens is 2. The molecule has 10 heteroatoms. The molecule has 6 nitrogen and oxygen atoms in total. The Morgan fingerprint density at radius 3 is 1.97 bits per heavy atom. The van der Waals surface area contributed by atoms with E-state index in [4.69, 9.17) is 16.3 Å². The van der Waals surface area contributed by atoms with Gasteiger partial charge in [-0.15, -0.1) is 0 Å². The molecule has 1 amide bonds. The number of rotatable bonds is 7. The van der Waals surface area contributed by atoms with Crippen LogP contribution in [0, 0.1) is 5.82 Å². The Labute approximate surface area is 226 Å². The van der Waals surface area contributed by atoms with E-state index >= 15 is 0 Å². The van der Waals surface area contributed by atoms with E-state index in [-0.39, 0.29) is 11.6 Å². The van der Waals surface area contributed by atoms with Crippen molar-refractivity contribution in [2.24, 2.45) is 0 Å². The number of hydrogen-bond donors (Lipinski definition) is 1. The van der Waals surface area contributed by atoms with Gasteiger partial charge in [0, 0.05) is 28.0 Å². The number of nitrogens with zero attached hydrogens (tertiary/aromatic N) is 2. The molecule has 5 aromatic rings. The fourth-order valence-corrected chi connectivity index (χ4v) is 3.88. The van der Waals surface area contributed by atoms with Crippen LogP contribution >= 0.6 is 11.6 Å². The molecule has 0 aliphatic rings. The molecule has 0 aliphatic carbocycles. The van der Waals surface area contributed by atoms with Crippen LogP contribution in [0.15, 0.2) is 103 Å². The third kappa shape index (κ3) is 6.39. The summed E-state index contributed by atoms with van der Waals surface area (Å²) in [7, 11) is 0. The van der Waals surface area contributed by atoms with Crippen molar-refractivity contribution in [1.82, 2.24) is 9.78 Å². The van der Waals surface area contributed by atoms with Gasteiger partial charge in [0.1, 0.15) is 28.8 Å². The average Bonchev–Trinajstić information content (AvgIpc) is 3.37. The highest BCUT2D eigenvalue weighted by Crippen LogP contribution is 2.32. The molecule has 0 fully saturated rings. The van der Waals surface area contributed by atoms with E-state index in [2.05, 4.69) is 15.2 Å². The minimum Gasteiger partial charge on any atom is -0.457 e. The molecule has 0 saturated heterocycles.